The molecule has 0 aliphatic heterocycles. The van der Waals surface area contributed by atoms with Crippen LogP contribution >= 0.6 is 11.6 Å². The number of sulfonamides is 1. The Bertz CT molecular complexity index is 1480. The largest absolute Gasteiger partial charge is 0.350 e. The molecule has 0 aliphatic rings. The molecule has 0 heterocycles. The molecule has 0 saturated carbocycles. The fraction of sp³-hybridized carbons (Fsp3) is 0.375. The number of rotatable bonds is 10. The summed E-state index contributed by atoms with van der Waals surface area (Å²) in [5.41, 5.74) is 3.64. The first kappa shape index (κ1) is 32.2. The molecule has 1 atom stereocenters. The van der Waals surface area contributed by atoms with Crippen LogP contribution in [0.2, 0.25) is 5.02 Å². The molecule has 220 valence electrons. The number of carbonyl (C=O) groups is 2. The third kappa shape index (κ3) is 8.33. The zero-order valence-electron chi connectivity index (χ0n) is 24.9. The van der Waals surface area contributed by atoms with Gasteiger partial charge in [-0.25, -0.2) is 8.42 Å². The van der Waals surface area contributed by atoms with Gasteiger partial charge in [0.1, 0.15) is 12.6 Å². The van der Waals surface area contributed by atoms with Gasteiger partial charge in [-0.15, -0.1) is 0 Å². The van der Waals surface area contributed by atoms with E-state index in [9.17, 15) is 18.0 Å². The van der Waals surface area contributed by atoms with Crippen molar-refractivity contribution in [2.45, 2.75) is 77.9 Å². The molecule has 9 heteroatoms. The number of anilines is 1. The molecule has 0 radical (unpaired) electrons. The maximum Gasteiger partial charge on any atom is 0.264 e. The van der Waals surface area contributed by atoms with Gasteiger partial charge in [0.15, 0.2) is 0 Å². The van der Waals surface area contributed by atoms with E-state index in [1.165, 1.54) is 29.2 Å². The summed E-state index contributed by atoms with van der Waals surface area (Å²) in [5.74, 6) is -0.781. The van der Waals surface area contributed by atoms with Crippen LogP contribution in [0.25, 0.3) is 0 Å². The number of carbonyl (C=O) groups excluding carboxylic acids is 2. The summed E-state index contributed by atoms with van der Waals surface area (Å²) < 4.78 is 29.1. The van der Waals surface area contributed by atoms with E-state index in [0.717, 1.165) is 26.6 Å². The van der Waals surface area contributed by atoms with Crippen molar-refractivity contribution in [1.82, 2.24) is 10.2 Å². The number of benzene rings is 3. The molecule has 3 aromatic carbocycles. The summed E-state index contributed by atoms with van der Waals surface area (Å²) in [7, 11) is -4.16. The maximum atomic E-state index is 14.2. The molecule has 0 bridgehead atoms. The maximum absolute atomic E-state index is 14.2. The summed E-state index contributed by atoms with van der Waals surface area (Å²) in [6.45, 7) is 12.9. The van der Waals surface area contributed by atoms with E-state index in [-0.39, 0.29) is 17.3 Å². The van der Waals surface area contributed by atoms with Crippen molar-refractivity contribution in [2.24, 2.45) is 0 Å². The Morgan fingerprint density at radius 1 is 0.902 bits per heavy atom. The fourth-order valence-electron chi connectivity index (χ4n) is 4.41. The first-order valence-electron chi connectivity index (χ1n) is 13.6. The summed E-state index contributed by atoms with van der Waals surface area (Å²) in [5, 5.41) is 3.38. The topological polar surface area (TPSA) is 86.8 Å². The lowest BCUT2D eigenvalue weighted by atomic mass is 10.1. The van der Waals surface area contributed by atoms with E-state index in [0.29, 0.717) is 17.1 Å². The van der Waals surface area contributed by atoms with Crippen molar-refractivity contribution >= 4 is 39.1 Å². The lowest BCUT2D eigenvalue weighted by Crippen LogP contribution is -2.55. The second kappa shape index (κ2) is 13.1. The third-order valence-corrected chi connectivity index (χ3v) is 8.86. The Morgan fingerprint density at radius 3 is 2.05 bits per heavy atom. The van der Waals surface area contributed by atoms with Crippen molar-refractivity contribution < 1.29 is 18.0 Å². The van der Waals surface area contributed by atoms with E-state index in [1.807, 2.05) is 78.8 Å². The molecule has 0 unspecified atom stereocenters. The van der Waals surface area contributed by atoms with Gasteiger partial charge in [0.25, 0.3) is 10.0 Å². The molecule has 1 N–H and O–H groups in total. The van der Waals surface area contributed by atoms with E-state index >= 15 is 0 Å². The fourth-order valence-corrected chi connectivity index (χ4v) is 5.94. The second-order valence-corrected chi connectivity index (χ2v) is 13.7. The molecule has 0 fully saturated rings. The molecule has 3 rings (SSSR count). The van der Waals surface area contributed by atoms with Crippen LogP contribution in [-0.4, -0.2) is 43.3 Å². The van der Waals surface area contributed by atoms with E-state index in [4.69, 9.17) is 11.6 Å². The zero-order chi connectivity index (χ0) is 30.5. The highest BCUT2D eigenvalue weighted by Gasteiger charge is 2.34. The van der Waals surface area contributed by atoms with Crippen LogP contribution in [0.3, 0.4) is 0 Å². The summed E-state index contributed by atoms with van der Waals surface area (Å²) in [6, 6.07) is 18.0. The lowest BCUT2D eigenvalue weighted by molar-refractivity contribution is -0.141. The van der Waals surface area contributed by atoms with E-state index in [2.05, 4.69) is 5.32 Å². The summed E-state index contributed by atoms with van der Waals surface area (Å²) in [4.78, 5) is 29.1. The number of nitrogens with one attached hydrogen (secondary N) is 1. The lowest BCUT2D eigenvalue weighted by Gasteiger charge is -2.35. The number of halogens is 1. The van der Waals surface area contributed by atoms with Crippen LogP contribution in [-0.2, 0) is 26.2 Å². The van der Waals surface area contributed by atoms with Crippen molar-refractivity contribution in [1.29, 1.82) is 0 Å². The molecular weight excluding hydrogens is 558 g/mol. The van der Waals surface area contributed by atoms with E-state index < -0.39 is 34.1 Å². The Kier molecular flexibility index (Phi) is 10.3. The highest BCUT2D eigenvalue weighted by Crippen LogP contribution is 2.27. The van der Waals surface area contributed by atoms with Crippen molar-refractivity contribution in [3.63, 3.8) is 0 Å². The number of aryl methyl sites for hydroxylation is 3. The molecule has 2 amide bonds. The average Bonchev–Trinajstić information content (AvgIpc) is 2.89. The molecule has 0 aliphatic carbocycles. The van der Waals surface area contributed by atoms with Crippen LogP contribution in [0.5, 0.6) is 0 Å². The van der Waals surface area contributed by atoms with Gasteiger partial charge in [0.2, 0.25) is 11.8 Å². The number of hydrogen-bond donors (Lipinski definition) is 1. The highest BCUT2D eigenvalue weighted by atomic mass is 35.5. The minimum Gasteiger partial charge on any atom is -0.350 e. The Balaban J connectivity index is 2.09. The Hall–Kier alpha value is -3.36. The SMILES string of the molecule is CC[C@H](C(=O)NC(C)(C)C)N(Cc1ccc(C)cc1)C(=O)CN(c1ccc(C)c(C)c1)S(=O)(=O)c1ccc(Cl)cc1. The van der Waals surface area contributed by atoms with Gasteiger partial charge in [-0.3, -0.25) is 13.9 Å². The first-order valence-corrected chi connectivity index (χ1v) is 15.5. The van der Waals surface area contributed by atoms with E-state index in [1.54, 1.807) is 12.1 Å². The summed E-state index contributed by atoms with van der Waals surface area (Å²) in [6.07, 6.45) is 0.354. The van der Waals surface area contributed by atoms with Crippen LogP contribution in [0.1, 0.15) is 56.4 Å². The Morgan fingerprint density at radius 2 is 1.51 bits per heavy atom. The van der Waals surface area contributed by atoms with Crippen LogP contribution in [0.4, 0.5) is 5.69 Å². The van der Waals surface area contributed by atoms with Gasteiger partial charge in [-0.1, -0.05) is 54.4 Å². The Labute approximate surface area is 249 Å². The first-order chi connectivity index (χ1) is 19.1. The summed E-state index contributed by atoms with van der Waals surface area (Å²) >= 11 is 6.03. The zero-order valence-corrected chi connectivity index (χ0v) is 26.4. The molecule has 41 heavy (non-hydrogen) atoms. The van der Waals surface area contributed by atoms with Crippen LogP contribution in [0.15, 0.2) is 71.6 Å². The van der Waals surface area contributed by atoms with Crippen molar-refractivity contribution in [2.75, 3.05) is 10.8 Å². The van der Waals surface area contributed by atoms with Gasteiger partial charge in [0.05, 0.1) is 10.6 Å². The average molecular weight is 598 g/mol. The van der Waals surface area contributed by atoms with Gasteiger partial charge in [-0.05, 0) is 101 Å². The number of amides is 2. The van der Waals surface area contributed by atoms with Crippen molar-refractivity contribution in [3.8, 4) is 0 Å². The predicted molar refractivity (Wildman–Crippen MR) is 166 cm³/mol. The minimum atomic E-state index is -4.16. The molecular formula is C32H40ClN3O4S. The molecule has 7 nitrogen and oxygen atoms in total. The molecule has 0 spiro atoms. The van der Waals surface area contributed by atoms with Crippen LogP contribution < -0.4 is 9.62 Å². The van der Waals surface area contributed by atoms with Crippen molar-refractivity contribution in [3.05, 3.63) is 94.0 Å². The monoisotopic (exact) mass is 597 g/mol. The highest BCUT2D eigenvalue weighted by molar-refractivity contribution is 7.92. The smallest absolute Gasteiger partial charge is 0.264 e. The number of nitrogens with zero attached hydrogens (tertiary/aromatic N) is 2. The quantitative estimate of drug-likeness (QED) is 0.302. The van der Waals surface area contributed by atoms with Gasteiger partial charge in [-0.2, -0.15) is 0 Å². The van der Waals surface area contributed by atoms with Gasteiger partial charge < -0.3 is 10.2 Å². The molecule has 0 aromatic heterocycles. The predicted octanol–water partition coefficient (Wildman–Crippen LogP) is 6.18. The minimum absolute atomic E-state index is 0.00975. The van der Waals surface area contributed by atoms with Crippen LogP contribution in [0, 0.1) is 20.8 Å². The number of hydrogen-bond acceptors (Lipinski definition) is 4. The standard InChI is InChI=1S/C32H40ClN3O4S/c1-8-29(31(38)34-32(5,6)7)35(20-25-12-9-22(2)10-13-25)30(37)21-36(27-16-11-23(3)24(4)19-27)41(39,40)28-17-14-26(33)15-18-28/h9-19,29H,8,20-21H2,1-7H3,(H,34,38)/t29-/m1/s1. The molecule has 3 aromatic rings. The third-order valence-electron chi connectivity index (χ3n) is 6.82. The second-order valence-electron chi connectivity index (χ2n) is 11.4. The van der Waals surface area contributed by atoms with Gasteiger partial charge in [0, 0.05) is 17.1 Å². The normalized spacial score (nSPS) is 12.5. The van der Waals surface area contributed by atoms with Gasteiger partial charge >= 0.3 is 0 Å². The molecule has 0 saturated heterocycles.